The van der Waals surface area contributed by atoms with E-state index in [9.17, 15) is 8.42 Å². The van der Waals surface area contributed by atoms with E-state index in [1.165, 1.54) is 17.5 Å². The summed E-state index contributed by atoms with van der Waals surface area (Å²) in [5.41, 5.74) is 10.2. The first-order chi connectivity index (χ1) is 12.9. The van der Waals surface area contributed by atoms with Crippen LogP contribution in [0, 0.1) is 0 Å². The minimum Gasteiger partial charge on any atom is -0.492 e. The highest BCUT2D eigenvalue weighted by Gasteiger charge is 2.10. The second-order valence-electron chi connectivity index (χ2n) is 6.48. The summed E-state index contributed by atoms with van der Waals surface area (Å²) in [5.74, 6) is 0.985. The van der Waals surface area contributed by atoms with Gasteiger partial charge in [0.25, 0.3) is 0 Å². The van der Waals surface area contributed by atoms with Crippen molar-refractivity contribution in [2.24, 2.45) is 10.7 Å². The maximum Gasteiger partial charge on any atom is 0.229 e. The van der Waals surface area contributed by atoms with E-state index in [0.717, 1.165) is 24.8 Å². The molecular weight excluding hydrogens is 364 g/mol. The Balaban J connectivity index is 1.44. The van der Waals surface area contributed by atoms with Crippen molar-refractivity contribution >= 4 is 27.4 Å². The van der Waals surface area contributed by atoms with Crippen LogP contribution in [0.4, 0.5) is 11.4 Å². The van der Waals surface area contributed by atoms with Crippen LogP contribution in [0.1, 0.15) is 17.5 Å². The number of guanidine groups is 1. The van der Waals surface area contributed by atoms with E-state index in [2.05, 4.69) is 27.2 Å². The van der Waals surface area contributed by atoms with Gasteiger partial charge in [0.05, 0.1) is 12.8 Å². The van der Waals surface area contributed by atoms with Crippen molar-refractivity contribution in [1.29, 1.82) is 0 Å². The lowest BCUT2D eigenvalue weighted by Gasteiger charge is -2.09. The molecule has 0 saturated heterocycles. The van der Waals surface area contributed by atoms with E-state index in [0.29, 0.717) is 30.5 Å². The lowest BCUT2D eigenvalue weighted by molar-refractivity contribution is 0.329. The molecule has 0 bridgehead atoms. The van der Waals surface area contributed by atoms with Crippen molar-refractivity contribution < 1.29 is 13.2 Å². The number of nitrogens with one attached hydrogen (secondary N) is 2. The zero-order valence-electron chi connectivity index (χ0n) is 15.2. The molecule has 144 valence electrons. The average molecular weight is 388 g/mol. The van der Waals surface area contributed by atoms with Crippen molar-refractivity contribution in [2.75, 3.05) is 29.4 Å². The van der Waals surface area contributed by atoms with Gasteiger partial charge in [-0.15, -0.1) is 0 Å². The number of fused-ring (bicyclic) bond motifs is 1. The van der Waals surface area contributed by atoms with Crippen molar-refractivity contribution in [3.05, 3.63) is 53.6 Å². The Hall–Kier alpha value is -2.74. The van der Waals surface area contributed by atoms with Gasteiger partial charge in [-0.05, 0) is 66.8 Å². The fourth-order valence-corrected chi connectivity index (χ4v) is 3.56. The van der Waals surface area contributed by atoms with Crippen molar-refractivity contribution in [3.8, 4) is 5.75 Å². The Labute approximate surface area is 159 Å². The predicted octanol–water partition coefficient (Wildman–Crippen LogP) is 2.35. The SMILES string of the molecule is CS(=O)(=O)Nc1ccc(OCCN=C(N)Nc2ccc3c(c2)CCC3)cc1. The molecule has 0 atom stereocenters. The zero-order valence-corrected chi connectivity index (χ0v) is 16.1. The Morgan fingerprint density at radius 2 is 1.81 bits per heavy atom. The van der Waals surface area contributed by atoms with Crippen LogP contribution in [0.5, 0.6) is 5.75 Å². The second kappa shape index (κ2) is 8.30. The Morgan fingerprint density at radius 3 is 2.56 bits per heavy atom. The molecule has 0 aromatic heterocycles. The highest BCUT2D eigenvalue weighted by molar-refractivity contribution is 7.92. The van der Waals surface area contributed by atoms with Crippen LogP contribution >= 0.6 is 0 Å². The monoisotopic (exact) mass is 388 g/mol. The third-order valence-electron chi connectivity index (χ3n) is 4.17. The van der Waals surface area contributed by atoms with Gasteiger partial charge in [-0.3, -0.25) is 4.72 Å². The molecule has 0 aliphatic heterocycles. The van der Waals surface area contributed by atoms with E-state index < -0.39 is 10.0 Å². The minimum atomic E-state index is -3.28. The van der Waals surface area contributed by atoms with Crippen LogP contribution in [0.3, 0.4) is 0 Å². The molecule has 2 aromatic rings. The quantitative estimate of drug-likeness (QED) is 0.384. The fourth-order valence-electron chi connectivity index (χ4n) is 3.00. The third kappa shape index (κ3) is 5.89. The van der Waals surface area contributed by atoms with Gasteiger partial charge < -0.3 is 15.8 Å². The summed E-state index contributed by atoms with van der Waals surface area (Å²) in [6.07, 6.45) is 4.59. The van der Waals surface area contributed by atoms with Crippen LogP contribution in [0.2, 0.25) is 0 Å². The first-order valence-electron chi connectivity index (χ1n) is 8.78. The molecule has 0 radical (unpaired) electrons. The number of benzene rings is 2. The van der Waals surface area contributed by atoms with Gasteiger partial charge in [0.15, 0.2) is 5.96 Å². The lowest BCUT2D eigenvalue weighted by atomic mass is 10.1. The number of aliphatic imine (C=N–C) groups is 1. The number of hydrogen-bond acceptors (Lipinski definition) is 4. The van der Waals surface area contributed by atoms with Crippen LogP contribution < -0.4 is 20.5 Å². The van der Waals surface area contributed by atoms with Crippen molar-refractivity contribution in [3.63, 3.8) is 0 Å². The number of anilines is 2. The smallest absolute Gasteiger partial charge is 0.229 e. The summed E-state index contributed by atoms with van der Waals surface area (Å²) >= 11 is 0. The van der Waals surface area contributed by atoms with E-state index in [-0.39, 0.29) is 0 Å². The van der Waals surface area contributed by atoms with Crippen LogP contribution in [0.15, 0.2) is 47.5 Å². The molecule has 0 saturated carbocycles. The van der Waals surface area contributed by atoms with Gasteiger partial charge in [0.2, 0.25) is 10.0 Å². The maximum atomic E-state index is 11.2. The molecule has 3 rings (SSSR count). The highest BCUT2D eigenvalue weighted by Crippen LogP contribution is 2.24. The molecule has 1 aliphatic rings. The van der Waals surface area contributed by atoms with Crippen LogP contribution in [-0.2, 0) is 22.9 Å². The molecule has 8 heteroatoms. The van der Waals surface area contributed by atoms with Crippen molar-refractivity contribution in [1.82, 2.24) is 0 Å². The van der Waals surface area contributed by atoms with Gasteiger partial charge in [0.1, 0.15) is 12.4 Å². The van der Waals surface area contributed by atoms with E-state index in [1.807, 2.05) is 6.07 Å². The third-order valence-corrected chi connectivity index (χ3v) is 4.78. The summed E-state index contributed by atoms with van der Waals surface area (Å²) in [7, 11) is -3.28. The second-order valence-corrected chi connectivity index (χ2v) is 8.22. The highest BCUT2D eigenvalue weighted by atomic mass is 32.2. The van der Waals surface area contributed by atoms with Crippen LogP contribution in [-0.4, -0.2) is 33.8 Å². The Morgan fingerprint density at radius 1 is 1.11 bits per heavy atom. The Bertz CT molecular complexity index is 924. The molecule has 0 heterocycles. The largest absolute Gasteiger partial charge is 0.492 e. The molecule has 27 heavy (non-hydrogen) atoms. The standard InChI is InChI=1S/C19H24N4O3S/c1-27(24,25)23-16-7-9-18(10-8-16)26-12-11-21-19(20)22-17-6-5-14-3-2-4-15(14)13-17/h5-10,13,23H,2-4,11-12H2,1H3,(H3,20,21,22). The average Bonchev–Trinajstić information content (AvgIpc) is 3.06. The first-order valence-corrected chi connectivity index (χ1v) is 10.7. The van der Waals surface area contributed by atoms with Gasteiger partial charge in [0, 0.05) is 11.4 Å². The summed E-state index contributed by atoms with van der Waals surface area (Å²) in [4.78, 5) is 4.26. The molecule has 2 aromatic carbocycles. The topological polar surface area (TPSA) is 106 Å². The number of nitrogens with zero attached hydrogens (tertiary/aromatic N) is 1. The minimum absolute atomic E-state index is 0.351. The number of hydrogen-bond donors (Lipinski definition) is 3. The molecular formula is C19H24N4O3S. The number of rotatable bonds is 7. The summed E-state index contributed by atoms with van der Waals surface area (Å²) in [6.45, 7) is 0.776. The van der Waals surface area contributed by atoms with Gasteiger partial charge in [-0.2, -0.15) is 0 Å². The van der Waals surface area contributed by atoms with E-state index in [4.69, 9.17) is 10.5 Å². The molecule has 0 amide bonds. The first kappa shape index (κ1) is 19.0. The van der Waals surface area contributed by atoms with E-state index >= 15 is 0 Å². The Kier molecular flexibility index (Phi) is 5.85. The van der Waals surface area contributed by atoms with E-state index in [1.54, 1.807) is 24.3 Å². The number of nitrogens with two attached hydrogens (primary N) is 1. The summed E-state index contributed by atoms with van der Waals surface area (Å²) in [5, 5.41) is 3.11. The molecule has 1 aliphatic carbocycles. The summed E-state index contributed by atoms with van der Waals surface area (Å²) in [6, 6.07) is 13.0. The lowest BCUT2D eigenvalue weighted by Crippen LogP contribution is -2.23. The molecule has 0 fully saturated rings. The molecule has 0 unspecified atom stereocenters. The fraction of sp³-hybridized carbons (Fsp3) is 0.316. The predicted molar refractivity (Wildman–Crippen MR) is 109 cm³/mol. The summed E-state index contributed by atoms with van der Waals surface area (Å²) < 4.78 is 30.3. The number of ether oxygens (including phenoxy) is 1. The normalized spacial score (nSPS) is 13.9. The molecule has 0 spiro atoms. The zero-order chi connectivity index (χ0) is 19.3. The number of aryl methyl sites for hydroxylation is 2. The van der Waals surface area contributed by atoms with Crippen LogP contribution in [0.25, 0.3) is 0 Å². The van der Waals surface area contributed by atoms with Gasteiger partial charge in [-0.1, -0.05) is 6.07 Å². The van der Waals surface area contributed by atoms with Crippen molar-refractivity contribution in [2.45, 2.75) is 19.3 Å². The number of sulfonamides is 1. The maximum absolute atomic E-state index is 11.2. The van der Waals surface area contributed by atoms with Gasteiger partial charge >= 0.3 is 0 Å². The van der Waals surface area contributed by atoms with Gasteiger partial charge in [-0.25, -0.2) is 13.4 Å². The molecule has 4 N–H and O–H groups in total. The molecule has 7 nitrogen and oxygen atoms in total.